The zero-order chi connectivity index (χ0) is 30.5. The predicted octanol–water partition coefficient (Wildman–Crippen LogP) is 5.76. The zero-order valence-electron chi connectivity index (χ0n) is 23.6. The second-order valence-corrected chi connectivity index (χ2v) is 13.2. The first-order valence-corrected chi connectivity index (χ1v) is 15.9. The number of nitrogens with one attached hydrogen (secondary N) is 2. The van der Waals surface area contributed by atoms with Crippen molar-refractivity contribution in [2.45, 2.75) is 56.0 Å². The van der Waals surface area contributed by atoms with Crippen molar-refractivity contribution >= 4 is 44.2 Å². The van der Waals surface area contributed by atoms with Crippen LogP contribution in [0, 0.1) is 11.6 Å². The second kappa shape index (κ2) is 11.5. The number of nitrogens with zero attached hydrogens (tertiary/aromatic N) is 3. The van der Waals surface area contributed by atoms with Gasteiger partial charge in [0.2, 0.25) is 0 Å². The molecule has 43 heavy (non-hydrogen) atoms. The monoisotopic (exact) mass is 628 g/mol. The molecule has 1 fully saturated rings. The van der Waals surface area contributed by atoms with E-state index >= 15 is 8.78 Å². The number of anilines is 2. The van der Waals surface area contributed by atoms with Crippen LogP contribution in [0.2, 0.25) is 5.02 Å². The third-order valence-electron chi connectivity index (χ3n) is 7.76. The summed E-state index contributed by atoms with van der Waals surface area (Å²) >= 11 is 6.03. The number of allylic oxidation sites excluding steroid dienone is 1. The second-order valence-electron chi connectivity index (χ2n) is 11.1. The Morgan fingerprint density at radius 1 is 1.14 bits per heavy atom. The summed E-state index contributed by atoms with van der Waals surface area (Å²) in [7, 11) is -4.29. The van der Waals surface area contributed by atoms with Crippen LogP contribution in [0.5, 0.6) is 0 Å². The van der Waals surface area contributed by atoms with Crippen molar-refractivity contribution in [3.63, 3.8) is 0 Å². The average Bonchev–Trinajstić information content (AvgIpc) is 3.35. The highest BCUT2D eigenvalue weighted by molar-refractivity contribution is 7.92. The lowest BCUT2D eigenvalue weighted by Gasteiger charge is -2.33. The number of sulfonamides is 1. The van der Waals surface area contributed by atoms with E-state index in [1.807, 2.05) is 18.2 Å². The van der Waals surface area contributed by atoms with Crippen LogP contribution in [-0.2, 0) is 14.8 Å². The predicted molar refractivity (Wildman–Crippen MR) is 162 cm³/mol. The summed E-state index contributed by atoms with van der Waals surface area (Å²) in [5.74, 6) is -1.24. The van der Waals surface area contributed by atoms with E-state index in [1.54, 1.807) is 12.3 Å². The van der Waals surface area contributed by atoms with Gasteiger partial charge in [-0.1, -0.05) is 43.7 Å². The van der Waals surface area contributed by atoms with Gasteiger partial charge in [0.05, 0.1) is 41.9 Å². The normalized spacial score (nSPS) is 17.7. The number of hydrogen-bond acceptors (Lipinski definition) is 7. The Bertz CT molecular complexity index is 1860. The minimum Gasteiger partial charge on any atom is -0.382 e. The molecule has 4 aromatic rings. The maximum absolute atomic E-state index is 15.7. The first-order chi connectivity index (χ1) is 20.5. The summed E-state index contributed by atoms with van der Waals surface area (Å²) in [6.07, 6.45) is 6.43. The van der Waals surface area contributed by atoms with Crippen molar-refractivity contribution in [2.75, 3.05) is 23.7 Å². The molecule has 2 aromatic carbocycles. The largest absolute Gasteiger partial charge is 0.382 e. The van der Waals surface area contributed by atoms with Crippen LogP contribution in [0.4, 0.5) is 20.3 Å². The van der Waals surface area contributed by atoms with Crippen molar-refractivity contribution in [3.8, 4) is 11.3 Å². The van der Waals surface area contributed by atoms with Gasteiger partial charge >= 0.3 is 0 Å². The van der Waals surface area contributed by atoms with Gasteiger partial charge < -0.3 is 15.8 Å². The number of nitrogen functional groups attached to an aromatic ring is 1. The molecule has 1 aliphatic heterocycles. The molecule has 1 saturated heterocycles. The van der Waals surface area contributed by atoms with Crippen LogP contribution in [0.25, 0.3) is 22.3 Å². The lowest BCUT2D eigenvalue weighted by atomic mass is 9.92. The van der Waals surface area contributed by atoms with Crippen LogP contribution >= 0.6 is 11.6 Å². The summed E-state index contributed by atoms with van der Waals surface area (Å²) in [6.45, 7) is 5.38. The van der Waals surface area contributed by atoms with Gasteiger partial charge in [-0.25, -0.2) is 27.2 Å². The van der Waals surface area contributed by atoms with Gasteiger partial charge in [-0.3, -0.25) is 9.12 Å². The highest BCUT2D eigenvalue weighted by atomic mass is 35.5. The number of benzene rings is 2. The van der Waals surface area contributed by atoms with Gasteiger partial charge in [-0.05, 0) is 43.0 Å². The number of rotatable bonds is 8. The Morgan fingerprint density at radius 2 is 1.91 bits per heavy atom. The van der Waals surface area contributed by atoms with Crippen molar-refractivity contribution in [3.05, 3.63) is 76.8 Å². The van der Waals surface area contributed by atoms with Crippen LogP contribution < -0.4 is 15.8 Å². The molecule has 2 aromatic heterocycles. The first kappa shape index (κ1) is 29.5. The van der Waals surface area contributed by atoms with Gasteiger partial charge in [-0.2, -0.15) is 0 Å². The Morgan fingerprint density at radius 3 is 2.56 bits per heavy atom. The van der Waals surface area contributed by atoms with E-state index in [-0.39, 0.29) is 32.9 Å². The molecular formula is C30H31ClF2N6O3S. The van der Waals surface area contributed by atoms with E-state index in [1.165, 1.54) is 18.2 Å². The van der Waals surface area contributed by atoms with Crippen LogP contribution in [0.1, 0.15) is 50.5 Å². The fourth-order valence-corrected chi connectivity index (χ4v) is 7.10. The molecule has 2 aliphatic rings. The molecule has 4 N–H and O–H groups in total. The fourth-order valence-electron chi connectivity index (χ4n) is 5.52. The lowest BCUT2D eigenvalue weighted by molar-refractivity contribution is -0.0103. The summed E-state index contributed by atoms with van der Waals surface area (Å²) in [4.78, 5) is 8.90. The maximum atomic E-state index is 15.7. The number of aromatic nitrogens is 3. The number of fused-ring (bicyclic) bond motifs is 1. The molecule has 0 spiro atoms. The van der Waals surface area contributed by atoms with Gasteiger partial charge in [-0.15, -0.1) is 0 Å². The van der Waals surface area contributed by atoms with Crippen LogP contribution in [0.15, 0.2) is 53.6 Å². The first-order valence-electron chi connectivity index (χ1n) is 14.0. The Balaban J connectivity index is 1.39. The quantitative estimate of drug-likeness (QED) is 0.227. The van der Waals surface area contributed by atoms with Crippen molar-refractivity contribution in [1.29, 1.82) is 0 Å². The number of imidazole rings is 1. The van der Waals surface area contributed by atoms with E-state index < -0.39 is 27.3 Å². The molecule has 13 heteroatoms. The minimum absolute atomic E-state index is 0.0511. The maximum Gasteiger partial charge on any atom is 0.263 e. The summed E-state index contributed by atoms with van der Waals surface area (Å²) in [6, 6.07) is 8.15. The third kappa shape index (κ3) is 5.60. The number of halogens is 3. The topological polar surface area (TPSA) is 124 Å². The smallest absolute Gasteiger partial charge is 0.263 e. The number of ether oxygens (including phenoxy) is 1. The van der Waals surface area contributed by atoms with E-state index in [0.717, 1.165) is 55.9 Å². The molecule has 0 saturated carbocycles. The molecule has 6 rings (SSSR count). The molecule has 0 radical (unpaired) electrons. The molecule has 3 heterocycles. The SMILES string of the molecule is CC(C)c1nc(-c2cc(F)c(NS(=O)(=O)c3ccccc3Cl)cc2F)c2c(N)ncc(C3=CC[C@H](NC4COC4)CC3)n12. The molecule has 226 valence electrons. The van der Waals surface area contributed by atoms with Gasteiger partial charge in [0.25, 0.3) is 10.0 Å². The minimum atomic E-state index is -4.29. The van der Waals surface area contributed by atoms with Crippen LogP contribution in [0.3, 0.4) is 0 Å². The number of nitrogens with two attached hydrogens (primary N) is 1. The van der Waals surface area contributed by atoms with E-state index in [2.05, 4.69) is 21.1 Å². The molecule has 0 amide bonds. The molecule has 0 unspecified atom stereocenters. The molecule has 9 nitrogen and oxygen atoms in total. The molecule has 1 atom stereocenters. The van der Waals surface area contributed by atoms with E-state index in [9.17, 15) is 8.42 Å². The molecular weight excluding hydrogens is 598 g/mol. The lowest BCUT2D eigenvalue weighted by Crippen LogP contribution is -2.50. The Hall–Kier alpha value is -3.58. The molecule has 1 aliphatic carbocycles. The standard InChI is InChI=1S/C30H31ClF2N6O3S/c1-16(2)30-37-27(20-11-23(33)24(12-22(20)32)38-43(40,41)26-6-4-3-5-21(26)31)28-29(34)35-13-25(39(28)30)17-7-9-18(10-8-17)36-19-14-42-15-19/h3-7,11-13,16,18-19,36,38H,8-10,14-15H2,1-2H3,(H2,34,35)/t18-/m0/s1. The Labute approximate surface area is 253 Å². The highest BCUT2D eigenvalue weighted by Crippen LogP contribution is 2.38. The molecule has 0 bridgehead atoms. The Kier molecular flexibility index (Phi) is 7.88. The van der Waals surface area contributed by atoms with E-state index in [4.69, 9.17) is 27.1 Å². The van der Waals surface area contributed by atoms with Crippen molar-refractivity contribution in [1.82, 2.24) is 19.7 Å². The summed E-state index contributed by atoms with van der Waals surface area (Å²) in [5.41, 5.74) is 7.96. The van der Waals surface area contributed by atoms with Crippen molar-refractivity contribution in [2.24, 2.45) is 0 Å². The average molecular weight is 629 g/mol. The van der Waals surface area contributed by atoms with Gasteiger partial charge in [0.15, 0.2) is 0 Å². The fraction of sp³-hybridized carbons (Fsp3) is 0.333. The number of hydrogen-bond donors (Lipinski definition) is 3. The van der Waals surface area contributed by atoms with Crippen LogP contribution in [-0.4, -0.2) is 48.1 Å². The summed E-state index contributed by atoms with van der Waals surface area (Å²) < 4.78 is 66.1. The van der Waals surface area contributed by atoms with E-state index in [0.29, 0.717) is 23.4 Å². The summed E-state index contributed by atoms with van der Waals surface area (Å²) in [5, 5.41) is 3.57. The van der Waals surface area contributed by atoms with Crippen molar-refractivity contribution < 1.29 is 21.9 Å². The zero-order valence-corrected chi connectivity index (χ0v) is 25.1. The van der Waals surface area contributed by atoms with Gasteiger partial charge in [0.1, 0.15) is 39.4 Å². The highest BCUT2D eigenvalue weighted by Gasteiger charge is 2.28. The van der Waals surface area contributed by atoms with Gasteiger partial charge in [0, 0.05) is 23.6 Å². The third-order valence-corrected chi connectivity index (χ3v) is 9.63.